The van der Waals surface area contributed by atoms with Gasteiger partial charge in [-0.15, -0.1) is 0 Å². The van der Waals surface area contributed by atoms with Gasteiger partial charge in [0.2, 0.25) is 0 Å². The molecule has 2 aromatic carbocycles. The average molecular weight is 331 g/mol. The number of hydrogen-bond donors (Lipinski definition) is 1. The molecule has 126 valence electrons. The van der Waals surface area contributed by atoms with E-state index in [0.717, 1.165) is 17.4 Å². The zero-order valence-corrected chi connectivity index (χ0v) is 13.4. The van der Waals surface area contributed by atoms with E-state index < -0.39 is 24.3 Å². The lowest BCUT2D eigenvalue weighted by molar-refractivity contribution is -0.124. The number of benzene rings is 2. The van der Waals surface area contributed by atoms with Crippen LogP contribution < -0.4 is 10.1 Å². The number of esters is 1. The quantitative estimate of drug-likeness (QED) is 0.827. The van der Waals surface area contributed by atoms with Crippen molar-refractivity contribution in [3.63, 3.8) is 0 Å². The van der Waals surface area contributed by atoms with Gasteiger partial charge in [0.15, 0.2) is 6.61 Å². The molecule has 0 fully saturated rings. The minimum atomic E-state index is -0.748. The van der Waals surface area contributed by atoms with E-state index in [4.69, 9.17) is 9.47 Å². The second-order valence-electron chi connectivity index (χ2n) is 5.15. The third-order valence-corrected chi connectivity index (χ3v) is 3.39. The van der Waals surface area contributed by atoms with Crippen LogP contribution in [0.2, 0.25) is 0 Å². The first-order valence-corrected chi connectivity index (χ1v) is 7.35. The SMILES string of the molecule is COc1ccc([C@H](C)NC(=O)COC(=O)c2cccc(F)c2)cc1. The van der Waals surface area contributed by atoms with Gasteiger partial charge in [0, 0.05) is 0 Å². The molecule has 0 saturated carbocycles. The summed E-state index contributed by atoms with van der Waals surface area (Å²) < 4.78 is 23.0. The van der Waals surface area contributed by atoms with Gasteiger partial charge in [-0.05, 0) is 42.8 Å². The van der Waals surface area contributed by atoms with Gasteiger partial charge in [0.05, 0.1) is 18.7 Å². The van der Waals surface area contributed by atoms with Crippen LogP contribution in [0.25, 0.3) is 0 Å². The molecule has 0 saturated heterocycles. The molecule has 1 atom stereocenters. The Kier molecular flexibility index (Phi) is 5.89. The van der Waals surface area contributed by atoms with E-state index in [9.17, 15) is 14.0 Å². The van der Waals surface area contributed by atoms with Gasteiger partial charge in [0.1, 0.15) is 11.6 Å². The molecule has 6 heteroatoms. The first-order chi connectivity index (χ1) is 11.5. The van der Waals surface area contributed by atoms with Crippen molar-refractivity contribution < 1.29 is 23.5 Å². The third-order valence-electron chi connectivity index (χ3n) is 3.39. The molecular formula is C18H18FNO4. The van der Waals surface area contributed by atoms with Crippen molar-refractivity contribution in [2.45, 2.75) is 13.0 Å². The van der Waals surface area contributed by atoms with Gasteiger partial charge in [0.25, 0.3) is 5.91 Å². The van der Waals surface area contributed by atoms with Crippen molar-refractivity contribution in [2.75, 3.05) is 13.7 Å². The molecule has 2 aromatic rings. The number of nitrogens with one attached hydrogen (secondary N) is 1. The second kappa shape index (κ2) is 8.10. The van der Waals surface area contributed by atoms with Crippen LogP contribution in [0, 0.1) is 5.82 Å². The first kappa shape index (κ1) is 17.5. The smallest absolute Gasteiger partial charge is 0.338 e. The van der Waals surface area contributed by atoms with Gasteiger partial charge in [-0.3, -0.25) is 4.79 Å². The maximum atomic E-state index is 13.0. The number of halogens is 1. The van der Waals surface area contributed by atoms with Crippen molar-refractivity contribution in [1.82, 2.24) is 5.32 Å². The molecule has 0 unspecified atom stereocenters. The molecule has 1 amide bonds. The topological polar surface area (TPSA) is 64.6 Å². The lowest BCUT2D eigenvalue weighted by Crippen LogP contribution is -2.31. The molecular weight excluding hydrogens is 313 g/mol. The molecule has 24 heavy (non-hydrogen) atoms. The fourth-order valence-corrected chi connectivity index (χ4v) is 2.09. The Labute approximate surface area is 139 Å². The second-order valence-corrected chi connectivity index (χ2v) is 5.15. The summed E-state index contributed by atoms with van der Waals surface area (Å²) in [5, 5.41) is 2.72. The number of carbonyl (C=O) groups excluding carboxylic acids is 2. The maximum Gasteiger partial charge on any atom is 0.338 e. The van der Waals surface area contributed by atoms with E-state index in [2.05, 4.69) is 5.32 Å². The van der Waals surface area contributed by atoms with Gasteiger partial charge in [-0.1, -0.05) is 18.2 Å². The van der Waals surface area contributed by atoms with Crippen LogP contribution >= 0.6 is 0 Å². The minimum absolute atomic E-state index is 0.0611. The number of amides is 1. The van der Waals surface area contributed by atoms with E-state index in [1.807, 2.05) is 19.1 Å². The number of hydrogen-bond acceptors (Lipinski definition) is 4. The van der Waals surface area contributed by atoms with Crippen molar-refractivity contribution in [3.8, 4) is 5.75 Å². The van der Waals surface area contributed by atoms with Gasteiger partial charge >= 0.3 is 5.97 Å². The highest BCUT2D eigenvalue weighted by Gasteiger charge is 2.13. The summed E-state index contributed by atoms with van der Waals surface area (Å²) in [6.07, 6.45) is 0. The Bertz CT molecular complexity index is 715. The maximum absolute atomic E-state index is 13.0. The van der Waals surface area contributed by atoms with E-state index >= 15 is 0 Å². The average Bonchev–Trinajstić information content (AvgIpc) is 2.59. The molecule has 0 aromatic heterocycles. The summed E-state index contributed by atoms with van der Waals surface area (Å²) in [7, 11) is 1.58. The van der Waals surface area contributed by atoms with E-state index in [0.29, 0.717) is 0 Å². The van der Waals surface area contributed by atoms with E-state index in [1.54, 1.807) is 19.2 Å². The van der Waals surface area contributed by atoms with Crippen LogP contribution in [0.1, 0.15) is 28.9 Å². The lowest BCUT2D eigenvalue weighted by atomic mass is 10.1. The summed E-state index contributed by atoms with van der Waals surface area (Å²) in [5.41, 5.74) is 0.951. The van der Waals surface area contributed by atoms with Crippen LogP contribution in [0.4, 0.5) is 4.39 Å². The molecule has 0 spiro atoms. The van der Waals surface area contributed by atoms with Crippen LogP contribution in [-0.2, 0) is 9.53 Å². The van der Waals surface area contributed by atoms with Crippen LogP contribution in [0.15, 0.2) is 48.5 Å². The van der Waals surface area contributed by atoms with Crippen LogP contribution in [0.5, 0.6) is 5.75 Å². The largest absolute Gasteiger partial charge is 0.497 e. The fraction of sp³-hybridized carbons (Fsp3) is 0.222. The molecule has 0 radical (unpaired) electrons. The Hall–Kier alpha value is -2.89. The van der Waals surface area contributed by atoms with Gasteiger partial charge in [-0.25, -0.2) is 9.18 Å². The lowest BCUT2D eigenvalue weighted by Gasteiger charge is -2.15. The number of rotatable bonds is 6. The zero-order chi connectivity index (χ0) is 17.5. The zero-order valence-electron chi connectivity index (χ0n) is 13.4. The predicted octanol–water partition coefficient (Wildman–Crippen LogP) is 2.87. The standard InChI is InChI=1S/C18H18FNO4/c1-12(13-6-8-16(23-2)9-7-13)20-17(21)11-24-18(22)14-4-3-5-15(19)10-14/h3-10,12H,11H2,1-2H3,(H,20,21)/t12-/m0/s1. The molecule has 0 aliphatic heterocycles. The van der Waals surface area contributed by atoms with E-state index in [1.165, 1.54) is 18.2 Å². The van der Waals surface area contributed by atoms with Gasteiger partial charge < -0.3 is 14.8 Å². The van der Waals surface area contributed by atoms with Crippen molar-refractivity contribution in [2.24, 2.45) is 0 Å². The normalized spacial score (nSPS) is 11.5. The van der Waals surface area contributed by atoms with Crippen LogP contribution in [-0.4, -0.2) is 25.6 Å². The summed E-state index contributed by atoms with van der Waals surface area (Å²) in [6, 6.07) is 12.1. The van der Waals surface area contributed by atoms with Crippen molar-refractivity contribution >= 4 is 11.9 Å². The Morgan fingerprint density at radius 3 is 2.50 bits per heavy atom. The highest BCUT2D eigenvalue weighted by molar-refractivity contribution is 5.91. The number of methoxy groups -OCH3 is 1. The number of carbonyl (C=O) groups is 2. The first-order valence-electron chi connectivity index (χ1n) is 7.35. The summed E-state index contributed by atoms with van der Waals surface area (Å²) in [5.74, 6) is -1.01. The van der Waals surface area contributed by atoms with Crippen molar-refractivity contribution in [3.05, 3.63) is 65.5 Å². The highest BCUT2D eigenvalue weighted by atomic mass is 19.1. The Morgan fingerprint density at radius 1 is 1.17 bits per heavy atom. The third kappa shape index (κ3) is 4.81. The molecule has 0 aliphatic rings. The van der Waals surface area contributed by atoms with Crippen molar-refractivity contribution in [1.29, 1.82) is 0 Å². The molecule has 0 heterocycles. The van der Waals surface area contributed by atoms with Crippen LogP contribution in [0.3, 0.4) is 0 Å². The minimum Gasteiger partial charge on any atom is -0.497 e. The molecule has 1 N–H and O–H groups in total. The highest BCUT2D eigenvalue weighted by Crippen LogP contribution is 2.17. The summed E-state index contributed by atoms with van der Waals surface area (Å²) >= 11 is 0. The Morgan fingerprint density at radius 2 is 1.88 bits per heavy atom. The molecule has 0 aliphatic carbocycles. The molecule has 2 rings (SSSR count). The predicted molar refractivity (Wildman–Crippen MR) is 86.2 cm³/mol. The van der Waals surface area contributed by atoms with E-state index in [-0.39, 0.29) is 11.6 Å². The Balaban J connectivity index is 1.85. The summed E-state index contributed by atoms with van der Waals surface area (Å²) in [6.45, 7) is 1.38. The fourth-order valence-electron chi connectivity index (χ4n) is 2.09. The van der Waals surface area contributed by atoms with Gasteiger partial charge in [-0.2, -0.15) is 0 Å². The monoisotopic (exact) mass is 331 g/mol. The number of ether oxygens (including phenoxy) is 2. The molecule has 5 nitrogen and oxygen atoms in total. The summed E-state index contributed by atoms with van der Waals surface area (Å²) in [4.78, 5) is 23.6. The molecule has 0 bridgehead atoms.